The number of piperidine rings is 1. The first-order valence-corrected chi connectivity index (χ1v) is 8.50. The van der Waals surface area contributed by atoms with Crippen LogP contribution in [-0.2, 0) is 9.53 Å². The molecule has 3 rings (SSSR count). The minimum absolute atomic E-state index is 0.148. The van der Waals surface area contributed by atoms with E-state index < -0.39 is 0 Å². The second-order valence-corrected chi connectivity index (χ2v) is 6.58. The summed E-state index contributed by atoms with van der Waals surface area (Å²) in [7, 11) is 1.92. The van der Waals surface area contributed by atoms with Gasteiger partial charge in [-0.25, -0.2) is 9.97 Å². The van der Waals surface area contributed by atoms with Crippen LogP contribution in [0.1, 0.15) is 37.2 Å². The lowest BCUT2D eigenvalue weighted by Crippen LogP contribution is -2.48. The monoisotopic (exact) mass is 318 g/mol. The van der Waals surface area contributed by atoms with E-state index in [2.05, 4.69) is 14.9 Å². The summed E-state index contributed by atoms with van der Waals surface area (Å²) in [5.74, 6) is 1.96. The predicted octanol–water partition coefficient (Wildman–Crippen LogP) is 1.70. The highest BCUT2D eigenvalue weighted by molar-refractivity contribution is 5.81. The number of hydrogen-bond acceptors (Lipinski definition) is 5. The number of anilines is 1. The molecule has 23 heavy (non-hydrogen) atoms. The van der Waals surface area contributed by atoms with Crippen molar-refractivity contribution in [3.05, 3.63) is 17.6 Å². The highest BCUT2D eigenvalue weighted by Gasteiger charge is 2.32. The first-order valence-electron chi connectivity index (χ1n) is 8.50. The summed E-state index contributed by atoms with van der Waals surface area (Å²) >= 11 is 0. The molecule has 0 bridgehead atoms. The van der Waals surface area contributed by atoms with Crippen LogP contribution in [0.3, 0.4) is 0 Å². The van der Waals surface area contributed by atoms with Gasteiger partial charge in [0.15, 0.2) is 0 Å². The highest BCUT2D eigenvalue weighted by Crippen LogP contribution is 2.23. The standard InChI is InChI=1S/C17H26N4O2/c1-12-11-16(19-13(2)18-12)21-8-6-14(7-9-21)20(3)17(22)15-5-4-10-23-15/h11,14-15H,4-10H2,1-3H3/t15-/m0/s1. The van der Waals surface area contributed by atoms with Gasteiger partial charge >= 0.3 is 0 Å². The van der Waals surface area contributed by atoms with E-state index in [4.69, 9.17) is 4.74 Å². The van der Waals surface area contributed by atoms with E-state index in [1.165, 1.54) is 0 Å². The number of hydrogen-bond donors (Lipinski definition) is 0. The molecule has 1 aromatic heterocycles. The average molecular weight is 318 g/mol. The maximum atomic E-state index is 12.5. The Morgan fingerprint density at radius 1 is 1.26 bits per heavy atom. The number of amides is 1. The number of aromatic nitrogens is 2. The number of likely N-dealkylation sites (N-methyl/N-ethyl adjacent to an activating group) is 1. The molecule has 6 heteroatoms. The van der Waals surface area contributed by atoms with Crippen LogP contribution >= 0.6 is 0 Å². The Bertz CT molecular complexity index is 543. The van der Waals surface area contributed by atoms with Gasteiger partial charge in [-0.2, -0.15) is 0 Å². The molecule has 1 amide bonds. The second kappa shape index (κ2) is 6.83. The van der Waals surface area contributed by atoms with Gasteiger partial charge in [-0.15, -0.1) is 0 Å². The van der Waals surface area contributed by atoms with Gasteiger partial charge in [0.2, 0.25) is 0 Å². The summed E-state index contributed by atoms with van der Waals surface area (Å²) in [5, 5.41) is 0. The number of carbonyl (C=O) groups is 1. The first-order chi connectivity index (χ1) is 11.0. The van der Waals surface area contributed by atoms with Gasteiger partial charge in [0.25, 0.3) is 5.91 Å². The van der Waals surface area contributed by atoms with Crippen LogP contribution in [0.5, 0.6) is 0 Å². The van der Waals surface area contributed by atoms with E-state index in [0.717, 1.165) is 62.7 Å². The molecule has 2 fully saturated rings. The highest BCUT2D eigenvalue weighted by atomic mass is 16.5. The summed E-state index contributed by atoms with van der Waals surface area (Å²) in [6.07, 6.45) is 3.58. The maximum Gasteiger partial charge on any atom is 0.251 e. The summed E-state index contributed by atoms with van der Waals surface area (Å²) in [6, 6.07) is 2.33. The topological polar surface area (TPSA) is 58.6 Å². The van der Waals surface area contributed by atoms with E-state index in [1.54, 1.807) is 0 Å². The third kappa shape index (κ3) is 3.63. The number of carbonyl (C=O) groups excluding carboxylic acids is 1. The third-order valence-corrected chi connectivity index (χ3v) is 4.84. The Balaban J connectivity index is 1.58. The third-order valence-electron chi connectivity index (χ3n) is 4.84. The van der Waals surface area contributed by atoms with Crippen LogP contribution in [0.15, 0.2) is 6.07 Å². The Labute approximate surface area is 137 Å². The van der Waals surface area contributed by atoms with Crippen LogP contribution < -0.4 is 4.90 Å². The van der Waals surface area contributed by atoms with E-state index in [0.29, 0.717) is 6.04 Å². The fourth-order valence-electron chi connectivity index (χ4n) is 3.52. The van der Waals surface area contributed by atoms with Gasteiger partial charge in [-0.3, -0.25) is 4.79 Å². The predicted molar refractivity (Wildman–Crippen MR) is 88.5 cm³/mol. The van der Waals surface area contributed by atoms with Crippen molar-refractivity contribution < 1.29 is 9.53 Å². The van der Waals surface area contributed by atoms with Crippen LogP contribution in [0.25, 0.3) is 0 Å². The van der Waals surface area contributed by atoms with E-state index in [9.17, 15) is 4.79 Å². The molecular weight excluding hydrogens is 292 g/mol. The largest absolute Gasteiger partial charge is 0.368 e. The van der Waals surface area contributed by atoms with Crippen LogP contribution in [0.2, 0.25) is 0 Å². The lowest BCUT2D eigenvalue weighted by Gasteiger charge is -2.38. The molecule has 2 aliphatic heterocycles. The summed E-state index contributed by atoms with van der Waals surface area (Å²) in [5.41, 5.74) is 1.00. The maximum absolute atomic E-state index is 12.5. The SMILES string of the molecule is Cc1cc(N2CCC(N(C)C(=O)[C@@H]3CCCO3)CC2)nc(C)n1. The molecule has 6 nitrogen and oxygen atoms in total. The normalized spacial score (nSPS) is 22.4. The number of rotatable bonds is 3. The van der Waals surface area contributed by atoms with Crippen LogP contribution in [0.4, 0.5) is 5.82 Å². The smallest absolute Gasteiger partial charge is 0.251 e. The van der Waals surface area contributed by atoms with Crippen molar-refractivity contribution in [1.82, 2.24) is 14.9 Å². The van der Waals surface area contributed by atoms with Gasteiger partial charge in [0.1, 0.15) is 17.7 Å². The van der Waals surface area contributed by atoms with Crippen molar-refractivity contribution in [2.75, 3.05) is 31.6 Å². The van der Waals surface area contributed by atoms with Gasteiger partial charge in [0, 0.05) is 44.5 Å². The molecule has 1 aromatic rings. The van der Waals surface area contributed by atoms with Crippen molar-refractivity contribution in [2.24, 2.45) is 0 Å². The van der Waals surface area contributed by atoms with Gasteiger partial charge in [-0.1, -0.05) is 0 Å². The zero-order valence-corrected chi connectivity index (χ0v) is 14.3. The van der Waals surface area contributed by atoms with E-state index in [1.807, 2.05) is 31.9 Å². The molecule has 0 spiro atoms. The Hall–Kier alpha value is -1.69. The van der Waals surface area contributed by atoms with Gasteiger partial charge in [0.05, 0.1) is 0 Å². The van der Waals surface area contributed by atoms with Crippen molar-refractivity contribution >= 4 is 11.7 Å². The fraction of sp³-hybridized carbons (Fsp3) is 0.706. The van der Waals surface area contributed by atoms with Gasteiger partial charge < -0.3 is 14.5 Å². The molecule has 0 N–H and O–H groups in total. The summed E-state index contributed by atoms with van der Waals surface area (Å²) < 4.78 is 5.52. The molecule has 1 atom stereocenters. The molecular formula is C17H26N4O2. The van der Waals surface area contributed by atoms with Crippen molar-refractivity contribution in [3.63, 3.8) is 0 Å². The van der Waals surface area contributed by atoms with Gasteiger partial charge in [-0.05, 0) is 39.5 Å². The van der Waals surface area contributed by atoms with Crippen LogP contribution in [-0.4, -0.2) is 59.7 Å². The lowest BCUT2D eigenvalue weighted by molar-refractivity contribution is -0.142. The van der Waals surface area contributed by atoms with E-state index in [-0.39, 0.29) is 12.0 Å². The van der Waals surface area contributed by atoms with Crippen molar-refractivity contribution in [2.45, 2.75) is 51.7 Å². The Morgan fingerprint density at radius 2 is 2.00 bits per heavy atom. The lowest BCUT2D eigenvalue weighted by atomic mass is 10.0. The number of ether oxygens (including phenoxy) is 1. The molecule has 3 heterocycles. The Morgan fingerprint density at radius 3 is 2.61 bits per heavy atom. The molecule has 0 aromatic carbocycles. The fourth-order valence-corrected chi connectivity index (χ4v) is 3.52. The molecule has 0 saturated carbocycles. The van der Waals surface area contributed by atoms with Crippen molar-refractivity contribution in [3.8, 4) is 0 Å². The first kappa shape index (κ1) is 16.2. The number of nitrogens with zero attached hydrogens (tertiary/aromatic N) is 4. The zero-order chi connectivity index (χ0) is 16.4. The minimum atomic E-state index is -0.217. The quantitative estimate of drug-likeness (QED) is 0.849. The van der Waals surface area contributed by atoms with Crippen molar-refractivity contribution in [1.29, 1.82) is 0 Å². The molecule has 2 aliphatic rings. The molecule has 0 unspecified atom stereocenters. The zero-order valence-electron chi connectivity index (χ0n) is 14.3. The summed E-state index contributed by atoms with van der Waals surface area (Å²) in [6.45, 7) is 6.48. The van der Waals surface area contributed by atoms with Crippen LogP contribution in [0, 0.1) is 13.8 Å². The molecule has 126 valence electrons. The summed E-state index contributed by atoms with van der Waals surface area (Å²) in [4.78, 5) is 25.5. The average Bonchev–Trinajstić information content (AvgIpc) is 3.07. The molecule has 0 radical (unpaired) electrons. The molecule has 2 saturated heterocycles. The Kier molecular flexibility index (Phi) is 4.80. The van der Waals surface area contributed by atoms with E-state index >= 15 is 0 Å². The number of aryl methyl sites for hydroxylation is 2. The second-order valence-electron chi connectivity index (χ2n) is 6.58. The molecule has 0 aliphatic carbocycles. The minimum Gasteiger partial charge on any atom is -0.368 e.